The summed E-state index contributed by atoms with van der Waals surface area (Å²) in [6.07, 6.45) is -1.52. The minimum atomic E-state index is -4.48. The molecule has 3 aromatic rings. The lowest BCUT2D eigenvalue weighted by Gasteiger charge is -2.20. The van der Waals surface area contributed by atoms with E-state index in [0.29, 0.717) is 23.4 Å². The Hall–Kier alpha value is -2.56. The highest BCUT2D eigenvalue weighted by Gasteiger charge is 2.37. The number of anilines is 1. The van der Waals surface area contributed by atoms with Crippen molar-refractivity contribution in [3.63, 3.8) is 0 Å². The van der Waals surface area contributed by atoms with Gasteiger partial charge in [-0.15, -0.1) is 0 Å². The molecule has 0 saturated carbocycles. The molecule has 1 aromatic heterocycles. The van der Waals surface area contributed by atoms with Gasteiger partial charge in [-0.2, -0.15) is 13.2 Å². The third-order valence-corrected chi connectivity index (χ3v) is 4.31. The van der Waals surface area contributed by atoms with Crippen LogP contribution in [-0.4, -0.2) is 11.5 Å². The Morgan fingerprint density at radius 3 is 2.31 bits per heavy atom. The molecule has 1 N–H and O–H groups in total. The molecule has 0 spiro atoms. The Balaban J connectivity index is 2.23. The molecule has 0 atom stereocenters. The zero-order valence-corrected chi connectivity index (χ0v) is 14.6. The van der Waals surface area contributed by atoms with Crippen molar-refractivity contribution >= 4 is 16.7 Å². The van der Waals surface area contributed by atoms with Crippen LogP contribution in [0.15, 0.2) is 54.6 Å². The highest BCUT2D eigenvalue weighted by Crippen LogP contribution is 2.44. The first-order valence-electron chi connectivity index (χ1n) is 8.81. The SMILES string of the molecule is CCCCCNc1nc2ccccc2c(C(F)(F)F)c1-c1ccccc1. The molecule has 2 nitrogen and oxygen atoms in total. The quantitative estimate of drug-likeness (QED) is 0.507. The Morgan fingerprint density at radius 1 is 0.923 bits per heavy atom. The standard InChI is InChI=1S/C21H21F3N2/c1-2-3-9-14-25-20-18(15-10-5-4-6-11-15)19(21(22,23)24)16-12-7-8-13-17(16)26-20/h4-8,10-13H,2-3,9,14H2,1H3,(H,25,26). The smallest absolute Gasteiger partial charge is 0.370 e. The van der Waals surface area contributed by atoms with Crippen LogP contribution in [0.3, 0.4) is 0 Å². The van der Waals surface area contributed by atoms with Gasteiger partial charge in [0.05, 0.1) is 11.1 Å². The van der Waals surface area contributed by atoms with Crippen molar-refractivity contribution in [3.8, 4) is 11.1 Å². The molecule has 0 amide bonds. The number of benzene rings is 2. The molecule has 0 bridgehead atoms. The highest BCUT2D eigenvalue weighted by atomic mass is 19.4. The zero-order chi connectivity index (χ0) is 18.6. The minimum absolute atomic E-state index is 0.119. The van der Waals surface area contributed by atoms with Crippen molar-refractivity contribution in [2.75, 3.05) is 11.9 Å². The number of fused-ring (bicyclic) bond motifs is 1. The van der Waals surface area contributed by atoms with E-state index in [1.54, 1.807) is 48.5 Å². The molecule has 26 heavy (non-hydrogen) atoms. The topological polar surface area (TPSA) is 24.9 Å². The van der Waals surface area contributed by atoms with Crippen LogP contribution >= 0.6 is 0 Å². The first kappa shape index (κ1) is 18.2. The van der Waals surface area contributed by atoms with Crippen molar-refractivity contribution in [2.24, 2.45) is 0 Å². The molecular weight excluding hydrogens is 337 g/mol. The van der Waals surface area contributed by atoms with Gasteiger partial charge in [0.25, 0.3) is 0 Å². The van der Waals surface area contributed by atoms with E-state index < -0.39 is 11.7 Å². The lowest BCUT2D eigenvalue weighted by atomic mass is 9.96. The minimum Gasteiger partial charge on any atom is -0.370 e. The van der Waals surface area contributed by atoms with E-state index in [-0.39, 0.29) is 10.9 Å². The number of halogens is 3. The number of aromatic nitrogens is 1. The predicted molar refractivity (Wildman–Crippen MR) is 100 cm³/mol. The molecule has 0 aliphatic heterocycles. The van der Waals surface area contributed by atoms with Gasteiger partial charge in [0.15, 0.2) is 0 Å². The van der Waals surface area contributed by atoms with E-state index in [1.165, 1.54) is 6.07 Å². The summed E-state index contributed by atoms with van der Waals surface area (Å²) in [6, 6.07) is 15.1. The molecule has 0 aliphatic carbocycles. The first-order valence-corrected chi connectivity index (χ1v) is 8.81. The Kier molecular flexibility index (Phi) is 5.45. The third kappa shape index (κ3) is 3.82. The van der Waals surface area contributed by atoms with Gasteiger partial charge in [0.1, 0.15) is 5.82 Å². The number of unbranched alkanes of at least 4 members (excludes halogenated alkanes) is 2. The summed E-state index contributed by atoms with van der Waals surface area (Å²) >= 11 is 0. The van der Waals surface area contributed by atoms with E-state index >= 15 is 0 Å². The van der Waals surface area contributed by atoms with Crippen LogP contribution in [0.1, 0.15) is 31.7 Å². The molecular formula is C21H21F3N2. The third-order valence-electron chi connectivity index (χ3n) is 4.31. The molecule has 0 fully saturated rings. The fourth-order valence-corrected chi connectivity index (χ4v) is 3.10. The lowest BCUT2D eigenvalue weighted by Crippen LogP contribution is -2.13. The number of nitrogens with zero attached hydrogens (tertiary/aromatic N) is 1. The summed E-state index contributed by atoms with van der Waals surface area (Å²) in [4.78, 5) is 4.51. The van der Waals surface area contributed by atoms with E-state index in [0.717, 1.165) is 19.3 Å². The van der Waals surface area contributed by atoms with E-state index in [9.17, 15) is 13.2 Å². The van der Waals surface area contributed by atoms with Gasteiger partial charge in [-0.1, -0.05) is 68.3 Å². The summed E-state index contributed by atoms with van der Waals surface area (Å²) in [5.41, 5.74) is 0.342. The van der Waals surface area contributed by atoms with Gasteiger partial charge >= 0.3 is 6.18 Å². The number of hydrogen-bond donors (Lipinski definition) is 1. The molecule has 5 heteroatoms. The molecule has 0 radical (unpaired) electrons. The second-order valence-corrected chi connectivity index (χ2v) is 6.23. The maximum absolute atomic E-state index is 14.0. The van der Waals surface area contributed by atoms with Crippen molar-refractivity contribution in [1.29, 1.82) is 0 Å². The van der Waals surface area contributed by atoms with Gasteiger partial charge in [-0.3, -0.25) is 0 Å². The number of pyridine rings is 1. The van der Waals surface area contributed by atoms with Crippen LogP contribution < -0.4 is 5.32 Å². The van der Waals surface area contributed by atoms with E-state index in [1.807, 2.05) is 0 Å². The van der Waals surface area contributed by atoms with Crippen LogP contribution in [0.25, 0.3) is 22.0 Å². The summed E-state index contributed by atoms with van der Waals surface area (Å²) < 4.78 is 42.1. The summed E-state index contributed by atoms with van der Waals surface area (Å²) in [5.74, 6) is 0.290. The van der Waals surface area contributed by atoms with E-state index in [2.05, 4.69) is 17.2 Å². The molecule has 2 aromatic carbocycles. The van der Waals surface area contributed by atoms with Crippen LogP contribution in [0.2, 0.25) is 0 Å². The van der Waals surface area contributed by atoms with Crippen molar-refractivity contribution in [2.45, 2.75) is 32.4 Å². The van der Waals surface area contributed by atoms with Crippen molar-refractivity contribution in [1.82, 2.24) is 4.98 Å². The van der Waals surface area contributed by atoms with E-state index in [4.69, 9.17) is 0 Å². The highest BCUT2D eigenvalue weighted by molar-refractivity contribution is 5.94. The van der Waals surface area contributed by atoms with Crippen LogP contribution in [-0.2, 0) is 6.18 Å². The van der Waals surface area contributed by atoms with Crippen LogP contribution in [0.4, 0.5) is 19.0 Å². The summed E-state index contributed by atoms with van der Waals surface area (Å²) in [6.45, 7) is 2.68. The first-order chi connectivity index (χ1) is 12.5. The predicted octanol–water partition coefficient (Wildman–Crippen LogP) is 6.52. The normalized spacial score (nSPS) is 11.7. The van der Waals surface area contributed by atoms with Gasteiger partial charge in [0.2, 0.25) is 0 Å². The number of nitrogens with one attached hydrogen (secondary N) is 1. The maximum Gasteiger partial charge on any atom is 0.417 e. The number of para-hydroxylation sites is 1. The van der Waals surface area contributed by atoms with Gasteiger partial charge < -0.3 is 5.32 Å². The fraction of sp³-hybridized carbons (Fsp3) is 0.286. The number of hydrogen-bond acceptors (Lipinski definition) is 2. The van der Waals surface area contributed by atoms with Crippen LogP contribution in [0, 0.1) is 0 Å². The largest absolute Gasteiger partial charge is 0.417 e. The lowest BCUT2D eigenvalue weighted by molar-refractivity contribution is -0.135. The molecule has 1 heterocycles. The number of rotatable bonds is 6. The monoisotopic (exact) mass is 358 g/mol. The second kappa shape index (κ2) is 7.77. The fourth-order valence-electron chi connectivity index (χ4n) is 3.10. The molecule has 0 unspecified atom stereocenters. The van der Waals surface area contributed by atoms with Gasteiger partial charge in [-0.05, 0) is 18.1 Å². The summed E-state index contributed by atoms with van der Waals surface area (Å²) in [7, 11) is 0. The average molecular weight is 358 g/mol. The van der Waals surface area contributed by atoms with Crippen molar-refractivity contribution in [3.05, 3.63) is 60.2 Å². The van der Waals surface area contributed by atoms with Crippen molar-refractivity contribution < 1.29 is 13.2 Å². The van der Waals surface area contributed by atoms with Gasteiger partial charge in [-0.25, -0.2) is 4.98 Å². The Labute approximate surface area is 151 Å². The van der Waals surface area contributed by atoms with Crippen LogP contribution in [0.5, 0.6) is 0 Å². The molecule has 136 valence electrons. The molecule has 0 saturated heterocycles. The zero-order valence-electron chi connectivity index (χ0n) is 14.6. The maximum atomic E-state index is 14.0. The molecule has 0 aliphatic rings. The van der Waals surface area contributed by atoms with Gasteiger partial charge in [0, 0.05) is 17.5 Å². The number of alkyl halides is 3. The second-order valence-electron chi connectivity index (χ2n) is 6.23. The average Bonchev–Trinajstić information content (AvgIpc) is 2.64. The Morgan fingerprint density at radius 2 is 1.62 bits per heavy atom. The molecule has 3 rings (SSSR count). The summed E-state index contributed by atoms with van der Waals surface area (Å²) in [5, 5.41) is 3.26. The Bertz CT molecular complexity index is 874.